The number of hydrogen-bond acceptors (Lipinski definition) is 5. The molecule has 0 saturated carbocycles. The van der Waals surface area contributed by atoms with E-state index in [2.05, 4.69) is 25.3 Å². The molecule has 2 aromatic heterocycles. The summed E-state index contributed by atoms with van der Waals surface area (Å²) < 4.78 is 5.30. The first-order valence-corrected chi connectivity index (χ1v) is 7.67. The molecule has 0 aliphatic rings. The number of ether oxygens (including phenoxy) is 1. The zero-order valence-electron chi connectivity index (χ0n) is 13.4. The van der Waals surface area contributed by atoms with Gasteiger partial charge >= 0.3 is 5.69 Å². The van der Waals surface area contributed by atoms with E-state index in [1.54, 1.807) is 19.5 Å². The number of rotatable bonds is 4. The Labute approximate surface area is 142 Å². The number of aromatic nitrogens is 4. The number of nitrogens with one attached hydrogen (secondary N) is 3. The molecule has 7 nitrogen and oxygen atoms in total. The maximum Gasteiger partial charge on any atom is 0.323 e. The first kappa shape index (κ1) is 14.9. The molecule has 0 saturated heterocycles. The van der Waals surface area contributed by atoms with Gasteiger partial charge in [0, 0.05) is 18.0 Å². The lowest BCUT2D eigenvalue weighted by atomic mass is 10.1. The molecule has 0 amide bonds. The van der Waals surface area contributed by atoms with Crippen molar-refractivity contribution < 1.29 is 4.74 Å². The Bertz CT molecular complexity index is 1080. The molecular formula is C18H15N5O2. The van der Waals surface area contributed by atoms with Crippen LogP contribution in [0.1, 0.15) is 0 Å². The van der Waals surface area contributed by atoms with Crippen LogP contribution in [-0.2, 0) is 0 Å². The van der Waals surface area contributed by atoms with E-state index in [0.29, 0.717) is 5.95 Å². The van der Waals surface area contributed by atoms with Gasteiger partial charge in [-0.25, -0.2) is 14.8 Å². The quantitative estimate of drug-likeness (QED) is 0.533. The SMILES string of the molecule is COc1ccccc1Nc1ncc(-c2ccc3[nH]c(=O)[nH]c3c2)cn1. The fourth-order valence-electron chi connectivity index (χ4n) is 2.62. The molecule has 0 spiro atoms. The van der Waals surface area contributed by atoms with E-state index in [4.69, 9.17) is 4.74 Å². The summed E-state index contributed by atoms with van der Waals surface area (Å²) in [6.45, 7) is 0. The molecule has 4 rings (SSSR count). The number of aromatic amines is 2. The minimum atomic E-state index is -0.222. The highest BCUT2D eigenvalue weighted by Crippen LogP contribution is 2.26. The molecule has 0 fully saturated rings. The molecule has 0 atom stereocenters. The molecule has 4 aromatic rings. The Hall–Kier alpha value is -3.61. The van der Waals surface area contributed by atoms with Crippen molar-refractivity contribution in [2.45, 2.75) is 0 Å². The molecule has 2 aromatic carbocycles. The van der Waals surface area contributed by atoms with E-state index in [9.17, 15) is 4.79 Å². The minimum absolute atomic E-state index is 0.222. The molecule has 25 heavy (non-hydrogen) atoms. The van der Waals surface area contributed by atoms with Crippen molar-refractivity contribution in [1.82, 2.24) is 19.9 Å². The molecule has 124 valence electrons. The summed E-state index contributed by atoms with van der Waals surface area (Å²) in [6.07, 6.45) is 3.47. The Balaban J connectivity index is 1.61. The van der Waals surface area contributed by atoms with Crippen LogP contribution < -0.4 is 15.7 Å². The van der Waals surface area contributed by atoms with Gasteiger partial charge in [0.2, 0.25) is 5.95 Å². The zero-order chi connectivity index (χ0) is 17.2. The van der Waals surface area contributed by atoms with Gasteiger partial charge in [0.25, 0.3) is 0 Å². The van der Waals surface area contributed by atoms with Gasteiger partial charge in [-0.1, -0.05) is 18.2 Å². The lowest BCUT2D eigenvalue weighted by Gasteiger charge is -2.09. The summed E-state index contributed by atoms with van der Waals surface area (Å²) >= 11 is 0. The van der Waals surface area contributed by atoms with E-state index < -0.39 is 0 Å². The number of benzene rings is 2. The number of para-hydroxylation sites is 2. The van der Waals surface area contributed by atoms with E-state index in [-0.39, 0.29) is 5.69 Å². The van der Waals surface area contributed by atoms with E-state index >= 15 is 0 Å². The Morgan fingerprint density at radius 3 is 2.52 bits per heavy atom. The second-order valence-electron chi connectivity index (χ2n) is 5.46. The molecule has 0 bridgehead atoms. The van der Waals surface area contributed by atoms with E-state index in [1.165, 1.54) is 0 Å². The number of H-pyrrole nitrogens is 2. The topological polar surface area (TPSA) is 95.7 Å². The monoisotopic (exact) mass is 333 g/mol. The second kappa shape index (κ2) is 6.12. The predicted octanol–water partition coefficient (Wildman–Crippen LogP) is 3.07. The first-order valence-electron chi connectivity index (χ1n) is 7.67. The van der Waals surface area contributed by atoms with Crippen LogP contribution in [0.15, 0.2) is 59.7 Å². The predicted molar refractivity (Wildman–Crippen MR) is 96.2 cm³/mol. The fourth-order valence-corrected chi connectivity index (χ4v) is 2.62. The van der Waals surface area contributed by atoms with Crippen LogP contribution in [0.4, 0.5) is 11.6 Å². The molecule has 3 N–H and O–H groups in total. The fraction of sp³-hybridized carbons (Fsp3) is 0.0556. The van der Waals surface area contributed by atoms with Gasteiger partial charge in [-0.05, 0) is 29.8 Å². The number of methoxy groups -OCH3 is 1. The molecule has 0 aliphatic carbocycles. The number of fused-ring (bicyclic) bond motifs is 1. The third kappa shape index (κ3) is 2.94. The second-order valence-corrected chi connectivity index (χ2v) is 5.46. The van der Waals surface area contributed by atoms with Gasteiger partial charge in [-0.3, -0.25) is 0 Å². The molecular weight excluding hydrogens is 318 g/mol. The maximum atomic E-state index is 11.4. The first-order chi connectivity index (χ1) is 12.2. The highest BCUT2D eigenvalue weighted by molar-refractivity contribution is 5.81. The summed E-state index contributed by atoms with van der Waals surface area (Å²) in [5.41, 5.74) is 3.87. The summed E-state index contributed by atoms with van der Waals surface area (Å²) in [5, 5.41) is 3.14. The minimum Gasteiger partial charge on any atom is -0.495 e. The van der Waals surface area contributed by atoms with Crippen LogP contribution in [0.2, 0.25) is 0 Å². The van der Waals surface area contributed by atoms with Crippen LogP contribution >= 0.6 is 0 Å². The molecule has 0 unspecified atom stereocenters. The summed E-state index contributed by atoms with van der Waals surface area (Å²) in [5.74, 6) is 1.20. The van der Waals surface area contributed by atoms with Crippen molar-refractivity contribution >= 4 is 22.7 Å². The standard InChI is InChI=1S/C18H15N5O2/c1-25-16-5-3-2-4-14(16)21-17-19-9-12(10-20-17)11-6-7-13-15(8-11)23-18(24)22-13/h2-10H,1H3,(H,19,20,21)(H2,22,23,24). The van der Waals surface area contributed by atoms with Crippen molar-refractivity contribution in [1.29, 1.82) is 0 Å². The smallest absolute Gasteiger partial charge is 0.323 e. The number of hydrogen-bond donors (Lipinski definition) is 3. The average Bonchev–Trinajstić information content (AvgIpc) is 3.02. The average molecular weight is 333 g/mol. The van der Waals surface area contributed by atoms with Crippen molar-refractivity contribution in [2.24, 2.45) is 0 Å². The lowest BCUT2D eigenvalue weighted by Crippen LogP contribution is -1.99. The number of nitrogens with zero attached hydrogens (tertiary/aromatic N) is 2. The van der Waals surface area contributed by atoms with Crippen LogP contribution in [-0.4, -0.2) is 27.0 Å². The highest BCUT2D eigenvalue weighted by atomic mass is 16.5. The number of anilines is 2. The highest BCUT2D eigenvalue weighted by Gasteiger charge is 2.06. The summed E-state index contributed by atoms with van der Waals surface area (Å²) in [6, 6.07) is 13.2. The third-order valence-corrected chi connectivity index (χ3v) is 3.85. The van der Waals surface area contributed by atoms with Crippen molar-refractivity contribution in [3.05, 3.63) is 65.3 Å². The summed E-state index contributed by atoms with van der Waals surface area (Å²) in [4.78, 5) is 25.5. The Morgan fingerprint density at radius 1 is 0.960 bits per heavy atom. The molecule has 0 aliphatic heterocycles. The Morgan fingerprint density at radius 2 is 1.72 bits per heavy atom. The molecule has 7 heteroatoms. The van der Waals surface area contributed by atoms with Gasteiger partial charge in [0.05, 0.1) is 23.8 Å². The molecule has 2 heterocycles. The van der Waals surface area contributed by atoms with Crippen molar-refractivity contribution in [3.63, 3.8) is 0 Å². The van der Waals surface area contributed by atoms with Gasteiger partial charge in [0.15, 0.2) is 0 Å². The number of imidazole rings is 1. The van der Waals surface area contributed by atoms with Crippen LogP contribution in [0.5, 0.6) is 5.75 Å². The maximum absolute atomic E-state index is 11.4. The van der Waals surface area contributed by atoms with Gasteiger partial charge in [-0.2, -0.15) is 0 Å². The third-order valence-electron chi connectivity index (χ3n) is 3.85. The normalized spacial score (nSPS) is 10.8. The van der Waals surface area contributed by atoms with Crippen LogP contribution in [0, 0.1) is 0 Å². The van der Waals surface area contributed by atoms with E-state index in [0.717, 1.165) is 33.6 Å². The van der Waals surface area contributed by atoms with Crippen molar-refractivity contribution in [2.75, 3.05) is 12.4 Å². The largest absolute Gasteiger partial charge is 0.495 e. The van der Waals surface area contributed by atoms with E-state index in [1.807, 2.05) is 42.5 Å². The van der Waals surface area contributed by atoms with Gasteiger partial charge in [0.1, 0.15) is 5.75 Å². The van der Waals surface area contributed by atoms with Crippen LogP contribution in [0.3, 0.4) is 0 Å². The van der Waals surface area contributed by atoms with Crippen molar-refractivity contribution in [3.8, 4) is 16.9 Å². The Kier molecular flexibility index (Phi) is 3.66. The summed E-state index contributed by atoms with van der Waals surface area (Å²) in [7, 11) is 1.62. The van der Waals surface area contributed by atoms with Gasteiger partial charge < -0.3 is 20.0 Å². The zero-order valence-corrected chi connectivity index (χ0v) is 13.4. The van der Waals surface area contributed by atoms with Crippen LogP contribution in [0.25, 0.3) is 22.2 Å². The molecule has 0 radical (unpaired) electrons. The lowest BCUT2D eigenvalue weighted by molar-refractivity contribution is 0.417. The van der Waals surface area contributed by atoms with Gasteiger partial charge in [-0.15, -0.1) is 0 Å².